The van der Waals surface area contributed by atoms with E-state index in [-0.39, 0.29) is 24.2 Å². The van der Waals surface area contributed by atoms with Crippen LogP contribution in [-0.4, -0.2) is 64.2 Å². The second-order valence-corrected chi connectivity index (χ2v) is 8.54. The number of urea groups is 1. The Morgan fingerprint density at radius 3 is 2.71 bits per heavy atom. The average molecular weight is 473 g/mol. The first-order chi connectivity index (χ1) is 16.4. The number of benzene rings is 1. The lowest BCUT2D eigenvalue weighted by Gasteiger charge is -2.39. The molecule has 9 nitrogen and oxygen atoms in total. The second-order valence-electron chi connectivity index (χ2n) is 8.54. The summed E-state index contributed by atoms with van der Waals surface area (Å²) in [5.41, 5.74) is 4.88. The van der Waals surface area contributed by atoms with Gasteiger partial charge in [-0.2, -0.15) is 0 Å². The molecule has 1 fully saturated rings. The number of rotatable bonds is 9. The number of piperazine rings is 1. The summed E-state index contributed by atoms with van der Waals surface area (Å²) in [7, 11) is 0. The number of amides is 3. The fraction of sp³-hybridized carbons (Fsp3) is 0.458. The van der Waals surface area contributed by atoms with Crippen molar-refractivity contribution in [2.75, 3.05) is 36.9 Å². The third-order valence-corrected chi connectivity index (χ3v) is 5.68. The van der Waals surface area contributed by atoms with Gasteiger partial charge in [0.25, 0.3) is 0 Å². The van der Waals surface area contributed by atoms with Gasteiger partial charge in [0, 0.05) is 56.5 Å². The number of hydrogen-bond donors (Lipinski definition) is 4. The highest BCUT2D eigenvalue weighted by molar-refractivity contribution is 5.99. The lowest BCUT2D eigenvalue weighted by molar-refractivity contribution is -0.128. The Labute approximate surface area is 199 Å². The van der Waals surface area contributed by atoms with Crippen molar-refractivity contribution in [2.24, 2.45) is 0 Å². The molecule has 10 heteroatoms. The number of unbranched alkanes of at least 4 members (excludes halogenated alkanes) is 1. The number of hydrazine groups is 1. The summed E-state index contributed by atoms with van der Waals surface area (Å²) in [4.78, 5) is 30.6. The second kappa shape index (κ2) is 12.4. The molecule has 1 aliphatic heterocycles. The largest absolute Gasteiger partial charge is 0.396 e. The van der Waals surface area contributed by atoms with Crippen LogP contribution in [0.3, 0.4) is 0 Å². The summed E-state index contributed by atoms with van der Waals surface area (Å²) in [6.07, 6.45) is 3.19. The molecule has 2 aromatic rings. The lowest BCUT2D eigenvalue weighted by atomic mass is 10.1. The van der Waals surface area contributed by atoms with Crippen LogP contribution in [0.5, 0.6) is 0 Å². The molecular weight excluding hydrogens is 439 g/mol. The van der Waals surface area contributed by atoms with E-state index in [4.69, 9.17) is 5.11 Å². The number of carbonyl (C=O) groups is 2. The molecule has 34 heavy (non-hydrogen) atoms. The number of aromatic nitrogens is 1. The molecule has 3 amide bonds. The van der Waals surface area contributed by atoms with Gasteiger partial charge in [0.05, 0.1) is 17.6 Å². The van der Waals surface area contributed by atoms with Crippen molar-refractivity contribution >= 4 is 23.3 Å². The van der Waals surface area contributed by atoms with Gasteiger partial charge in [0.1, 0.15) is 0 Å². The number of aliphatic hydroxyl groups excluding tert-OH is 1. The fourth-order valence-electron chi connectivity index (χ4n) is 3.82. The van der Waals surface area contributed by atoms with Crippen LogP contribution in [0.15, 0.2) is 36.5 Å². The third kappa shape index (κ3) is 7.47. The highest BCUT2D eigenvalue weighted by Gasteiger charge is 2.25. The molecule has 1 atom stereocenters. The predicted octanol–water partition coefficient (Wildman–Crippen LogP) is 2.87. The van der Waals surface area contributed by atoms with Crippen LogP contribution in [0.1, 0.15) is 37.4 Å². The maximum atomic E-state index is 15.1. The van der Waals surface area contributed by atoms with Crippen molar-refractivity contribution in [3.05, 3.63) is 53.6 Å². The van der Waals surface area contributed by atoms with Crippen LogP contribution in [-0.2, 0) is 11.3 Å². The van der Waals surface area contributed by atoms with Gasteiger partial charge < -0.3 is 15.7 Å². The topological polar surface area (TPSA) is 110 Å². The van der Waals surface area contributed by atoms with Gasteiger partial charge in [-0.15, -0.1) is 0 Å². The Hall–Kier alpha value is -3.08. The standard InChI is InChI=1S/C24H33FN6O3/c1-17-9-10-20(14-26-17)27-24(34)28-21-7-5-6-19(23(21)25)16-30-11-12-31(18(2)15-30)29-22(33)8-3-4-13-32/h5-7,9-10,14,18,32H,3-4,8,11-13,15-16H2,1-2H3,(H,29,33)(H2,27,28,34)/t18-/m1/s1. The summed E-state index contributed by atoms with van der Waals surface area (Å²) in [5, 5.41) is 16.0. The normalized spacial score (nSPS) is 16.8. The van der Waals surface area contributed by atoms with Gasteiger partial charge in [-0.05, 0) is 44.9 Å². The Morgan fingerprint density at radius 2 is 2.00 bits per heavy atom. The molecular formula is C24H33FN6O3. The maximum absolute atomic E-state index is 15.1. The smallest absolute Gasteiger partial charge is 0.323 e. The molecule has 1 aromatic carbocycles. The predicted molar refractivity (Wildman–Crippen MR) is 129 cm³/mol. The third-order valence-electron chi connectivity index (χ3n) is 5.68. The zero-order valence-electron chi connectivity index (χ0n) is 19.7. The minimum absolute atomic E-state index is 0.0572. The Morgan fingerprint density at radius 1 is 1.18 bits per heavy atom. The van der Waals surface area contributed by atoms with E-state index in [1.807, 2.05) is 18.9 Å². The molecule has 1 aromatic heterocycles. The molecule has 2 heterocycles. The molecule has 4 N–H and O–H groups in total. The highest BCUT2D eigenvalue weighted by atomic mass is 19.1. The van der Waals surface area contributed by atoms with E-state index >= 15 is 4.39 Å². The zero-order chi connectivity index (χ0) is 24.5. The van der Waals surface area contributed by atoms with Crippen LogP contribution in [0.25, 0.3) is 0 Å². The van der Waals surface area contributed by atoms with Crippen LogP contribution in [0, 0.1) is 12.7 Å². The molecule has 0 bridgehead atoms. The number of halogens is 1. The molecule has 0 spiro atoms. The molecule has 1 aliphatic rings. The van der Waals surface area contributed by atoms with Crippen LogP contribution < -0.4 is 16.1 Å². The van der Waals surface area contributed by atoms with Gasteiger partial charge in [-0.3, -0.25) is 20.1 Å². The van der Waals surface area contributed by atoms with E-state index in [0.29, 0.717) is 56.7 Å². The highest BCUT2D eigenvalue weighted by Crippen LogP contribution is 2.21. The van der Waals surface area contributed by atoms with Gasteiger partial charge in [-0.1, -0.05) is 12.1 Å². The average Bonchev–Trinajstić information content (AvgIpc) is 2.80. The van der Waals surface area contributed by atoms with E-state index in [0.717, 1.165) is 5.69 Å². The number of pyridine rings is 1. The van der Waals surface area contributed by atoms with E-state index in [2.05, 4.69) is 25.9 Å². The van der Waals surface area contributed by atoms with Crippen LogP contribution >= 0.6 is 0 Å². The van der Waals surface area contributed by atoms with E-state index < -0.39 is 11.8 Å². The number of carbonyl (C=O) groups excluding carboxylic acids is 2. The molecule has 3 rings (SSSR count). The van der Waals surface area contributed by atoms with Crippen molar-refractivity contribution < 1.29 is 19.1 Å². The number of hydrogen-bond acceptors (Lipinski definition) is 6. The Kier molecular flexibility index (Phi) is 9.32. The molecule has 1 saturated heterocycles. The first-order valence-corrected chi connectivity index (χ1v) is 11.5. The van der Waals surface area contributed by atoms with Crippen molar-refractivity contribution in [3.8, 4) is 0 Å². The lowest BCUT2D eigenvalue weighted by Crippen LogP contribution is -2.58. The molecule has 184 valence electrons. The number of nitrogens with zero attached hydrogens (tertiary/aromatic N) is 3. The quantitative estimate of drug-likeness (QED) is 0.418. The van der Waals surface area contributed by atoms with Gasteiger partial charge in [-0.25, -0.2) is 14.2 Å². The van der Waals surface area contributed by atoms with Crippen LogP contribution in [0.2, 0.25) is 0 Å². The van der Waals surface area contributed by atoms with E-state index in [9.17, 15) is 9.59 Å². The van der Waals surface area contributed by atoms with Gasteiger partial charge in [0.15, 0.2) is 5.82 Å². The summed E-state index contributed by atoms with van der Waals surface area (Å²) in [5.74, 6) is -0.523. The fourth-order valence-corrected chi connectivity index (χ4v) is 3.82. The van der Waals surface area contributed by atoms with Crippen molar-refractivity contribution in [1.82, 2.24) is 20.3 Å². The number of anilines is 2. The van der Waals surface area contributed by atoms with Crippen molar-refractivity contribution in [2.45, 2.75) is 45.7 Å². The zero-order valence-corrected chi connectivity index (χ0v) is 19.7. The first kappa shape index (κ1) is 25.5. The maximum Gasteiger partial charge on any atom is 0.323 e. The molecule has 0 aliphatic carbocycles. The molecule has 0 unspecified atom stereocenters. The van der Waals surface area contributed by atoms with Crippen LogP contribution in [0.4, 0.5) is 20.6 Å². The minimum atomic E-state index is -0.543. The monoisotopic (exact) mass is 472 g/mol. The SMILES string of the molecule is Cc1ccc(NC(=O)Nc2cccc(CN3CCN(NC(=O)CCCCO)[C@H](C)C3)c2F)cn1. The number of aliphatic hydroxyl groups is 1. The van der Waals surface area contributed by atoms with Gasteiger partial charge >= 0.3 is 6.03 Å². The summed E-state index contributed by atoms with van der Waals surface area (Å²) in [6.45, 7) is 6.30. The summed E-state index contributed by atoms with van der Waals surface area (Å²) >= 11 is 0. The Bertz CT molecular complexity index is 972. The summed E-state index contributed by atoms with van der Waals surface area (Å²) < 4.78 is 15.1. The van der Waals surface area contributed by atoms with Crippen molar-refractivity contribution in [3.63, 3.8) is 0 Å². The van der Waals surface area contributed by atoms with Gasteiger partial charge in [0.2, 0.25) is 5.91 Å². The minimum Gasteiger partial charge on any atom is -0.396 e. The van der Waals surface area contributed by atoms with Crippen molar-refractivity contribution in [1.29, 1.82) is 0 Å². The first-order valence-electron chi connectivity index (χ1n) is 11.5. The molecule has 0 radical (unpaired) electrons. The number of nitrogens with one attached hydrogen (secondary N) is 3. The molecule has 0 saturated carbocycles. The summed E-state index contributed by atoms with van der Waals surface area (Å²) in [6, 6.07) is 7.98. The van der Waals surface area contributed by atoms with E-state index in [1.54, 1.807) is 30.5 Å². The van der Waals surface area contributed by atoms with E-state index in [1.165, 1.54) is 6.07 Å². The number of aryl methyl sites for hydroxylation is 1. The Balaban J connectivity index is 1.52.